The zero-order valence-electron chi connectivity index (χ0n) is 11.6. The Morgan fingerprint density at radius 3 is 2.37 bits per heavy atom. The lowest BCUT2D eigenvalue weighted by Gasteiger charge is -2.27. The number of nitrogens with zero attached hydrogens (tertiary/aromatic N) is 1. The van der Waals surface area contributed by atoms with Gasteiger partial charge in [0.1, 0.15) is 0 Å². The van der Waals surface area contributed by atoms with E-state index in [0.717, 1.165) is 19.0 Å². The molecule has 1 aromatic rings. The molecule has 0 amide bonds. The van der Waals surface area contributed by atoms with Crippen molar-refractivity contribution in [1.82, 2.24) is 0 Å². The summed E-state index contributed by atoms with van der Waals surface area (Å²) in [5.74, 6) is 0.437. The first-order chi connectivity index (χ1) is 8.79. The number of nitrogen functional groups attached to an aromatic ring is 1. The molecular weight excluding hydrogens is 253 g/mol. The minimum absolute atomic E-state index is 0.226. The van der Waals surface area contributed by atoms with Gasteiger partial charge in [-0.05, 0) is 31.0 Å². The fourth-order valence-electron chi connectivity index (χ4n) is 1.91. The van der Waals surface area contributed by atoms with Crippen molar-refractivity contribution in [3.05, 3.63) is 23.8 Å². The van der Waals surface area contributed by atoms with Gasteiger partial charge in [-0.1, -0.05) is 20.3 Å². The predicted molar refractivity (Wildman–Crippen MR) is 73.2 cm³/mol. The Kier molecular flexibility index (Phi) is 5.09. The highest BCUT2D eigenvalue weighted by Crippen LogP contribution is 2.36. The number of benzene rings is 1. The van der Waals surface area contributed by atoms with Crippen LogP contribution in [-0.2, 0) is 6.18 Å². The van der Waals surface area contributed by atoms with Crippen molar-refractivity contribution in [2.24, 2.45) is 5.92 Å². The summed E-state index contributed by atoms with van der Waals surface area (Å²) in [6, 6.07) is 4.12. The van der Waals surface area contributed by atoms with Crippen molar-refractivity contribution in [3.8, 4) is 0 Å². The van der Waals surface area contributed by atoms with Gasteiger partial charge >= 0.3 is 6.18 Å². The number of nitrogens with two attached hydrogens (primary N) is 1. The molecule has 1 aromatic carbocycles. The maximum atomic E-state index is 12.8. The van der Waals surface area contributed by atoms with Crippen LogP contribution in [-0.4, -0.2) is 13.1 Å². The quantitative estimate of drug-likeness (QED) is 0.817. The summed E-state index contributed by atoms with van der Waals surface area (Å²) in [6.07, 6.45) is -3.41. The second kappa shape index (κ2) is 6.17. The van der Waals surface area contributed by atoms with Gasteiger partial charge in [0.15, 0.2) is 0 Å². The smallest absolute Gasteiger partial charge is 0.398 e. The van der Waals surface area contributed by atoms with Crippen LogP contribution in [0.4, 0.5) is 24.5 Å². The van der Waals surface area contributed by atoms with E-state index in [2.05, 4.69) is 13.8 Å². The summed E-state index contributed by atoms with van der Waals surface area (Å²) in [5, 5.41) is 0. The molecule has 2 nitrogen and oxygen atoms in total. The van der Waals surface area contributed by atoms with E-state index in [-0.39, 0.29) is 5.69 Å². The first-order valence-corrected chi connectivity index (χ1v) is 6.51. The van der Waals surface area contributed by atoms with Crippen LogP contribution in [0.2, 0.25) is 0 Å². The maximum Gasteiger partial charge on any atom is 0.418 e. The molecule has 0 bridgehead atoms. The van der Waals surface area contributed by atoms with Gasteiger partial charge in [0.25, 0.3) is 0 Å². The molecule has 0 aliphatic rings. The van der Waals surface area contributed by atoms with Crippen LogP contribution < -0.4 is 10.6 Å². The molecule has 108 valence electrons. The molecular formula is C14H21F3N2. The average Bonchev–Trinajstić information content (AvgIpc) is 2.35. The Balaban J connectivity index is 3.06. The molecule has 5 heteroatoms. The number of hydrogen-bond donors (Lipinski definition) is 1. The summed E-state index contributed by atoms with van der Waals surface area (Å²) < 4.78 is 38.5. The minimum Gasteiger partial charge on any atom is -0.398 e. The summed E-state index contributed by atoms with van der Waals surface area (Å²) in [5.41, 5.74) is 5.00. The number of alkyl halides is 3. The van der Waals surface area contributed by atoms with Gasteiger partial charge in [-0.15, -0.1) is 0 Å². The molecule has 0 aliphatic heterocycles. The highest BCUT2D eigenvalue weighted by atomic mass is 19.4. The van der Waals surface area contributed by atoms with Crippen LogP contribution in [0.25, 0.3) is 0 Å². The average molecular weight is 274 g/mol. The second-order valence-corrected chi connectivity index (χ2v) is 4.82. The van der Waals surface area contributed by atoms with Crippen molar-refractivity contribution in [1.29, 1.82) is 0 Å². The molecule has 19 heavy (non-hydrogen) atoms. The predicted octanol–water partition coefficient (Wildman–Crippen LogP) is 4.16. The molecule has 0 radical (unpaired) electrons. The Morgan fingerprint density at radius 2 is 1.89 bits per heavy atom. The zero-order chi connectivity index (χ0) is 14.6. The van der Waals surface area contributed by atoms with Crippen molar-refractivity contribution in [2.45, 2.75) is 33.4 Å². The molecule has 0 spiro atoms. The maximum absolute atomic E-state index is 12.8. The Hall–Kier alpha value is -1.39. The fraction of sp³-hybridized carbons (Fsp3) is 0.571. The molecule has 0 aliphatic carbocycles. The van der Waals surface area contributed by atoms with Gasteiger partial charge < -0.3 is 10.6 Å². The van der Waals surface area contributed by atoms with E-state index >= 15 is 0 Å². The first kappa shape index (κ1) is 15.7. The zero-order valence-corrected chi connectivity index (χ0v) is 11.6. The summed E-state index contributed by atoms with van der Waals surface area (Å²) in [7, 11) is 0. The third-order valence-electron chi connectivity index (χ3n) is 3.32. The van der Waals surface area contributed by atoms with Gasteiger partial charge in [0.05, 0.1) is 5.56 Å². The minimum atomic E-state index is -4.41. The SMILES string of the molecule is CCC(C)CN(CC)c1ccc(N)c(C(F)(F)F)c1. The van der Waals surface area contributed by atoms with Crippen LogP contribution in [0.5, 0.6) is 0 Å². The third kappa shape index (κ3) is 4.04. The van der Waals surface area contributed by atoms with E-state index < -0.39 is 11.7 Å². The molecule has 1 unspecified atom stereocenters. The van der Waals surface area contributed by atoms with Gasteiger partial charge in [-0.2, -0.15) is 13.2 Å². The van der Waals surface area contributed by atoms with Crippen LogP contribution in [0, 0.1) is 5.92 Å². The summed E-state index contributed by atoms with van der Waals surface area (Å²) in [4.78, 5) is 1.95. The van der Waals surface area contributed by atoms with Gasteiger partial charge in [0, 0.05) is 24.5 Å². The second-order valence-electron chi connectivity index (χ2n) is 4.82. The highest BCUT2D eigenvalue weighted by molar-refractivity contribution is 5.59. The lowest BCUT2D eigenvalue weighted by atomic mass is 10.1. The number of anilines is 2. The van der Waals surface area contributed by atoms with Crippen LogP contribution in [0.1, 0.15) is 32.8 Å². The molecule has 0 fully saturated rings. The number of halogens is 3. The fourth-order valence-corrected chi connectivity index (χ4v) is 1.91. The lowest BCUT2D eigenvalue weighted by molar-refractivity contribution is -0.136. The van der Waals surface area contributed by atoms with Gasteiger partial charge in [-0.3, -0.25) is 0 Å². The van der Waals surface area contributed by atoms with Crippen molar-refractivity contribution in [2.75, 3.05) is 23.7 Å². The van der Waals surface area contributed by atoms with E-state index in [4.69, 9.17) is 5.73 Å². The Bertz CT molecular complexity index is 416. The molecule has 1 rings (SSSR count). The number of hydrogen-bond acceptors (Lipinski definition) is 2. The topological polar surface area (TPSA) is 29.3 Å². The van der Waals surface area contributed by atoms with Crippen LogP contribution in [0.15, 0.2) is 18.2 Å². The van der Waals surface area contributed by atoms with Gasteiger partial charge in [-0.25, -0.2) is 0 Å². The monoisotopic (exact) mass is 274 g/mol. The highest BCUT2D eigenvalue weighted by Gasteiger charge is 2.33. The summed E-state index contributed by atoms with van der Waals surface area (Å²) >= 11 is 0. The van der Waals surface area contributed by atoms with E-state index in [1.54, 1.807) is 6.07 Å². The third-order valence-corrected chi connectivity index (χ3v) is 3.32. The molecule has 0 saturated carbocycles. The van der Waals surface area contributed by atoms with E-state index in [9.17, 15) is 13.2 Å². The van der Waals surface area contributed by atoms with Crippen LogP contribution >= 0.6 is 0 Å². The Labute approximate surface area is 112 Å². The molecule has 0 heterocycles. The molecule has 0 aromatic heterocycles. The van der Waals surface area contributed by atoms with Crippen molar-refractivity contribution < 1.29 is 13.2 Å². The standard InChI is InChI=1S/C14H21F3N2/c1-4-10(3)9-19(5-2)11-6-7-13(18)12(8-11)14(15,16)17/h6-8,10H,4-5,9,18H2,1-3H3. The van der Waals surface area contributed by atoms with E-state index in [1.807, 2.05) is 11.8 Å². The van der Waals surface area contributed by atoms with Gasteiger partial charge in [0.2, 0.25) is 0 Å². The molecule has 2 N–H and O–H groups in total. The van der Waals surface area contributed by atoms with E-state index in [1.165, 1.54) is 6.07 Å². The largest absolute Gasteiger partial charge is 0.418 e. The van der Waals surface area contributed by atoms with Crippen LogP contribution in [0.3, 0.4) is 0 Å². The van der Waals surface area contributed by atoms with Crippen molar-refractivity contribution >= 4 is 11.4 Å². The Morgan fingerprint density at radius 1 is 1.26 bits per heavy atom. The normalized spacial score (nSPS) is 13.4. The lowest BCUT2D eigenvalue weighted by Crippen LogP contribution is -2.28. The number of rotatable bonds is 5. The van der Waals surface area contributed by atoms with E-state index in [0.29, 0.717) is 18.2 Å². The first-order valence-electron chi connectivity index (χ1n) is 6.51. The summed E-state index contributed by atoms with van der Waals surface area (Å²) in [6.45, 7) is 7.51. The molecule has 0 saturated heterocycles. The molecule has 1 atom stereocenters. The van der Waals surface area contributed by atoms with Crippen molar-refractivity contribution in [3.63, 3.8) is 0 Å².